The SMILES string of the molecule is F.OCC(O)CO. The molecule has 0 unspecified atom stereocenters. The van der Waals surface area contributed by atoms with Crippen molar-refractivity contribution in [1.29, 1.82) is 0 Å². The van der Waals surface area contributed by atoms with Crippen LogP contribution >= 0.6 is 0 Å². The maximum atomic E-state index is 8.17. The quantitative estimate of drug-likeness (QED) is 0.406. The lowest BCUT2D eigenvalue weighted by atomic mass is 10.4. The number of hydrogen-bond acceptors (Lipinski definition) is 3. The Morgan fingerprint density at radius 1 is 1.14 bits per heavy atom. The molecule has 7 heavy (non-hydrogen) atoms. The smallest absolute Gasteiger partial charge is 0.100 e. The summed E-state index contributed by atoms with van der Waals surface area (Å²) in [6.07, 6.45) is -0.954. The van der Waals surface area contributed by atoms with Crippen LogP contribution in [0.4, 0.5) is 4.70 Å². The predicted molar refractivity (Wildman–Crippen MR) is 22.7 cm³/mol. The highest BCUT2D eigenvalue weighted by Gasteiger charge is 1.93. The van der Waals surface area contributed by atoms with E-state index >= 15 is 0 Å². The van der Waals surface area contributed by atoms with E-state index in [-0.39, 0.29) is 17.9 Å². The van der Waals surface area contributed by atoms with Gasteiger partial charge in [-0.25, -0.2) is 0 Å². The standard InChI is InChI=1S/C3H8O3.FH/c4-1-3(6)2-5;/h3-6H,1-2H2;1H. The molecule has 0 aromatic rings. The van der Waals surface area contributed by atoms with Gasteiger partial charge in [0, 0.05) is 0 Å². The molecule has 0 spiro atoms. The lowest BCUT2D eigenvalue weighted by Gasteiger charge is -1.96. The Morgan fingerprint density at radius 3 is 1.43 bits per heavy atom. The van der Waals surface area contributed by atoms with Gasteiger partial charge in [-0.2, -0.15) is 0 Å². The normalized spacial score (nSPS) is 8.57. The van der Waals surface area contributed by atoms with Crippen molar-refractivity contribution in [2.75, 3.05) is 13.2 Å². The summed E-state index contributed by atoms with van der Waals surface area (Å²) < 4.78 is 0. The van der Waals surface area contributed by atoms with E-state index in [0.29, 0.717) is 0 Å². The summed E-state index contributed by atoms with van der Waals surface area (Å²) in [7, 11) is 0. The summed E-state index contributed by atoms with van der Waals surface area (Å²) >= 11 is 0. The van der Waals surface area contributed by atoms with Crippen molar-refractivity contribution in [2.45, 2.75) is 6.10 Å². The summed E-state index contributed by atoms with van der Waals surface area (Å²) in [5.41, 5.74) is 0. The van der Waals surface area contributed by atoms with Gasteiger partial charge in [0.05, 0.1) is 13.2 Å². The predicted octanol–water partition coefficient (Wildman–Crippen LogP) is -1.52. The summed E-state index contributed by atoms with van der Waals surface area (Å²) in [4.78, 5) is 0. The largest absolute Gasteiger partial charge is 0.394 e. The Morgan fingerprint density at radius 2 is 1.43 bits per heavy atom. The van der Waals surface area contributed by atoms with E-state index < -0.39 is 6.10 Å². The molecule has 0 saturated carbocycles. The number of hydrogen-bond donors (Lipinski definition) is 3. The fourth-order valence-electron chi connectivity index (χ4n) is 0.0577. The van der Waals surface area contributed by atoms with Crippen LogP contribution in [-0.2, 0) is 0 Å². The van der Waals surface area contributed by atoms with Crippen LogP contribution in [0.5, 0.6) is 0 Å². The second-order valence-corrected chi connectivity index (χ2v) is 1.02. The summed E-state index contributed by atoms with van der Waals surface area (Å²) in [6, 6.07) is 0. The highest BCUT2D eigenvalue weighted by atomic mass is 19.0. The van der Waals surface area contributed by atoms with Crippen molar-refractivity contribution in [1.82, 2.24) is 0 Å². The molecule has 3 nitrogen and oxygen atoms in total. The lowest BCUT2D eigenvalue weighted by Crippen LogP contribution is -2.15. The zero-order valence-corrected chi connectivity index (χ0v) is 3.74. The van der Waals surface area contributed by atoms with E-state index in [4.69, 9.17) is 15.3 Å². The van der Waals surface area contributed by atoms with Crippen molar-refractivity contribution >= 4 is 0 Å². The van der Waals surface area contributed by atoms with E-state index in [1.54, 1.807) is 0 Å². The van der Waals surface area contributed by atoms with Crippen LogP contribution in [-0.4, -0.2) is 34.6 Å². The molecule has 0 aliphatic carbocycles. The first-order chi connectivity index (χ1) is 2.81. The minimum atomic E-state index is -0.954. The second kappa shape index (κ2) is 5.81. The van der Waals surface area contributed by atoms with Gasteiger partial charge >= 0.3 is 0 Å². The fourth-order valence-corrected chi connectivity index (χ4v) is 0.0577. The first-order valence-corrected chi connectivity index (χ1v) is 1.71. The number of aliphatic hydroxyl groups excluding tert-OH is 3. The first kappa shape index (κ1) is 9.94. The van der Waals surface area contributed by atoms with Crippen molar-refractivity contribution in [3.05, 3.63) is 0 Å². The van der Waals surface area contributed by atoms with Crippen LogP contribution < -0.4 is 0 Å². The molecule has 0 atom stereocenters. The molecule has 4 heteroatoms. The van der Waals surface area contributed by atoms with Gasteiger partial charge in [-0.15, -0.1) is 0 Å². The first-order valence-electron chi connectivity index (χ1n) is 1.71. The zero-order valence-electron chi connectivity index (χ0n) is 3.74. The van der Waals surface area contributed by atoms with E-state index in [2.05, 4.69) is 0 Å². The number of halogens is 1. The fraction of sp³-hybridized carbons (Fsp3) is 1.00. The van der Waals surface area contributed by atoms with Gasteiger partial charge < -0.3 is 15.3 Å². The van der Waals surface area contributed by atoms with Crippen LogP contribution in [0, 0.1) is 0 Å². The van der Waals surface area contributed by atoms with Crippen LogP contribution in [0.25, 0.3) is 0 Å². The molecule has 0 aliphatic heterocycles. The van der Waals surface area contributed by atoms with Gasteiger partial charge in [0.25, 0.3) is 0 Å². The molecule has 0 aromatic carbocycles. The van der Waals surface area contributed by atoms with Crippen molar-refractivity contribution in [3.63, 3.8) is 0 Å². The molecule has 0 amide bonds. The molecule has 0 aromatic heterocycles. The number of aliphatic hydroxyl groups is 3. The Balaban J connectivity index is 0. The Kier molecular flexibility index (Phi) is 8.25. The van der Waals surface area contributed by atoms with Crippen LogP contribution in [0.1, 0.15) is 0 Å². The molecule has 0 saturated heterocycles. The van der Waals surface area contributed by atoms with E-state index in [1.165, 1.54) is 0 Å². The Labute approximate surface area is 40.6 Å². The minimum Gasteiger partial charge on any atom is -0.394 e. The third-order valence-electron chi connectivity index (χ3n) is 0.421. The molecule has 0 rings (SSSR count). The molecule has 3 N–H and O–H groups in total. The van der Waals surface area contributed by atoms with Gasteiger partial charge in [-0.1, -0.05) is 0 Å². The van der Waals surface area contributed by atoms with Crippen LogP contribution in [0.15, 0.2) is 0 Å². The minimum absolute atomic E-state index is 0. The molecule has 0 fully saturated rings. The third kappa shape index (κ3) is 5.81. The maximum Gasteiger partial charge on any atom is 0.100 e. The Hall–Kier alpha value is -0.190. The molecule has 0 aliphatic rings. The third-order valence-corrected chi connectivity index (χ3v) is 0.421. The Bertz CT molecular complexity index is 29.4. The van der Waals surface area contributed by atoms with Gasteiger partial charge in [-0.3, -0.25) is 4.70 Å². The topological polar surface area (TPSA) is 60.7 Å². The van der Waals surface area contributed by atoms with Gasteiger partial charge in [-0.05, 0) is 0 Å². The molecule has 0 bridgehead atoms. The average molecular weight is 112 g/mol. The molecular formula is C3H9FO3. The van der Waals surface area contributed by atoms with E-state index in [0.717, 1.165) is 0 Å². The highest BCUT2D eigenvalue weighted by molar-refractivity contribution is 4.43. The van der Waals surface area contributed by atoms with Gasteiger partial charge in [0.1, 0.15) is 6.10 Å². The average Bonchev–Trinajstić information content (AvgIpc) is 1.65. The highest BCUT2D eigenvalue weighted by Crippen LogP contribution is 1.71. The summed E-state index contributed by atoms with van der Waals surface area (Å²) in [5.74, 6) is 0. The van der Waals surface area contributed by atoms with E-state index in [1.807, 2.05) is 0 Å². The molecule has 0 heterocycles. The van der Waals surface area contributed by atoms with Crippen molar-refractivity contribution < 1.29 is 20.0 Å². The zero-order chi connectivity index (χ0) is 4.99. The summed E-state index contributed by atoms with van der Waals surface area (Å²) in [6.45, 7) is -0.729. The van der Waals surface area contributed by atoms with Crippen LogP contribution in [0.2, 0.25) is 0 Å². The second-order valence-electron chi connectivity index (χ2n) is 1.02. The van der Waals surface area contributed by atoms with Gasteiger partial charge in [0.15, 0.2) is 0 Å². The van der Waals surface area contributed by atoms with Crippen molar-refractivity contribution in [2.24, 2.45) is 0 Å². The van der Waals surface area contributed by atoms with Crippen LogP contribution in [0.3, 0.4) is 0 Å². The molecule has 0 radical (unpaired) electrons. The summed E-state index contributed by atoms with van der Waals surface area (Å²) in [5, 5.41) is 24.0. The maximum absolute atomic E-state index is 8.17. The lowest BCUT2D eigenvalue weighted by molar-refractivity contribution is 0.0450. The molecule has 46 valence electrons. The number of rotatable bonds is 2. The van der Waals surface area contributed by atoms with Crippen molar-refractivity contribution in [3.8, 4) is 0 Å². The van der Waals surface area contributed by atoms with Gasteiger partial charge in [0.2, 0.25) is 0 Å². The van der Waals surface area contributed by atoms with E-state index in [9.17, 15) is 0 Å². The monoisotopic (exact) mass is 112 g/mol. The molecular weight excluding hydrogens is 103 g/mol.